The Labute approximate surface area is 152 Å². The molecule has 4 rings (SSSR count). The van der Waals surface area contributed by atoms with Gasteiger partial charge in [-0.1, -0.05) is 72.8 Å². The van der Waals surface area contributed by atoms with Crippen LogP contribution < -0.4 is 4.90 Å². The zero-order valence-electron chi connectivity index (χ0n) is 14.1. The highest BCUT2D eigenvalue weighted by atomic mass is 16.6. The molecule has 2 atom stereocenters. The zero-order chi connectivity index (χ0) is 17.9. The molecule has 3 aromatic carbocycles. The fourth-order valence-corrected chi connectivity index (χ4v) is 3.31. The van der Waals surface area contributed by atoms with Crippen molar-refractivity contribution in [2.75, 3.05) is 4.90 Å². The molecule has 0 aromatic heterocycles. The molecule has 1 heterocycles. The highest BCUT2D eigenvalue weighted by molar-refractivity contribution is 5.65. The molecule has 128 valence electrons. The molecular formula is C22H18N2O2. The van der Waals surface area contributed by atoms with Crippen LogP contribution in [0.3, 0.4) is 0 Å². The van der Waals surface area contributed by atoms with Gasteiger partial charge in [0.15, 0.2) is 0 Å². The summed E-state index contributed by atoms with van der Waals surface area (Å²) in [5.41, 5.74) is 3.51. The molecule has 0 bridgehead atoms. The van der Waals surface area contributed by atoms with Crippen molar-refractivity contribution in [2.24, 2.45) is 0 Å². The van der Waals surface area contributed by atoms with Crippen molar-refractivity contribution in [2.45, 2.75) is 12.1 Å². The van der Waals surface area contributed by atoms with Crippen molar-refractivity contribution in [1.29, 1.82) is 0 Å². The summed E-state index contributed by atoms with van der Waals surface area (Å²) in [4.78, 5) is 12.8. The summed E-state index contributed by atoms with van der Waals surface area (Å²) in [5, 5.41) is 10.9. The molecule has 26 heavy (non-hydrogen) atoms. The lowest BCUT2D eigenvalue weighted by molar-refractivity contribution is -0.384. The van der Waals surface area contributed by atoms with Crippen LogP contribution >= 0.6 is 0 Å². The van der Waals surface area contributed by atoms with Gasteiger partial charge < -0.3 is 4.90 Å². The Hall–Kier alpha value is -3.40. The van der Waals surface area contributed by atoms with Gasteiger partial charge in [-0.15, -0.1) is 0 Å². The molecule has 0 spiro atoms. The minimum absolute atomic E-state index is 0.114. The fraction of sp³-hybridized carbons (Fsp3) is 0.0909. The minimum atomic E-state index is -0.368. The third-order valence-corrected chi connectivity index (χ3v) is 4.64. The third-order valence-electron chi connectivity index (χ3n) is 4.64. The van der Waals surface area contributed by atoms with E-state index in [1.54, 1.807) is 12.1 Å². The standard InChI is InChI=1S/C22H18N2O2/c25-24(26)20-14-12-19(13-15-20)23-21(16-11-17-7-3-1-4-8-17)22(23)18-9-5-2-6-10-18/h1-16,21-22H/b16-11+/t21-,22-,23?/m1/s1. The van der Waals surface area contributed by atoms with E-state index in [1.165, 1.54) is 5.56 Å². The van der Waals surface area contributed by atoms with Crippen molar-refractivity contribution in [3.8, 4) is 0 Å². The largest absolute Gasteiger partial charge is 0.353 e. The zero-order valence-corrected chi connectivity index (χ0v) is 14.1. The molecule has 0 N–H and O–H groups in total. The Kier molecular flexibility index (Phi) is 4.23. The molecular weight excluding hydrogens is 324 g/mol. The summed E-state index contributed by atoms with van der Waals surface area (Å²) in [5.74, 6) is 0. The lowest BCUT2D eigenvalue weighted by atomic mass is 10.1. The molecule has 1 aliphatic rings. The SMILES string of the molecule is O=[N+]([O-])c1ccc(N2[C@H](/C=C/c3ccccc3)[C@H]2c2ccccc2)cc1. The Morgan fingerprint density at radius 3 is 2.08 bits per heavy atom. The van der Waals surface area contributed by atoms with E-state index in [0.29, 0.717) is 0 Å². The highest BCUT2D eigenvalue weighted by Crippen LogP contribution is 2.48. The molecule has 0 saturated carbocycles. The number of rotatable bonds is 5. The van der Waals surface area contributed by atoms with Crippen molar-refractivity contribution < 1.29 is 4.92 Å². The maximum atomic E-state index is 10.9. The quantitative estimate of drug-likeness (QED) is 0.362. The normalized spacial score (nSPS) is 18.8. The first-order valence-electron chi connectivity index (χ1n) is 8.55. The molecule has 0 unspecified atom stereocenters. The van der Waals surface area contributed by atoms with Crippen molar-refractivity contribution >= 4 is 17.5 Å². The molecule has 4 nitrogen and oxygen atoms in total. The highest BCUT2D eigenvalue weighted by Gasteiger charge is 2.46. The lowest BCUT2D eigenvalue weighted by Crippen LogP contribution is -1.97. The van der Waals surface area contributed by atoms with Crippen molar-refractivity contribution in [1.82, 2.24) is 0 Å². The Bertz CT molecular complexity index is 921. The lowest BCUT2D eigenvalue weighted by Gasteiger charge is -2.05. The maximum Gasteiger partial charge on any atom is 0.269 e. The van der Waals surface area contributed by atoms with Crippen LogP contribution in [0.25, 0.3) is 6.08 Å². The maximum absolute atomic E-state index is 10.9. The van der Waals surface area contributed by atoms with Gasteiger partial charge in [0, 0.05) is 17.8 Å². The van der Waals surface area contributed by atoms with Crippen LogP contribution in [0.1, 0.15) is 17.2 Å². The summed E-state index contributed by atoms with van der Waals surface area (Å²) in [7, 11) is 0. The van der Waals surface area contributed by atoms with Gasteiger partial charge >= 0.3 is 0 Å². The number of anilines is 1. The second-order valence-electron chi connectivity index (χ2n) is 6.30. The van der Waals surface area contributed by atoms with Crippen LogP contribution in [0.5, 0.6) is 0 Å². The number of hydrogen-bond donors (Lipinski definition) is 0. The van der Waals surface area contributed by atoms with E-state index >= 15 is 0 Å². The van der Waals surface area contributed by atoms with Gasteiger partial charge in [-0.05, 0) is 23.3 Å². The first kappa shape index (κ1) is 16.1. The van der Waals surface area contributed by atoms with E-state index in [2.05, 4.69) is 41.3 Å². The first-order valence-corrected chi connectivity index (χ1v) is 8.55. The molecule has 3 aromatic rings. The number of nitrogens with zero attached hydrogens (tertiary/aromatic N) is 2. The van der Waals surface area contributed by atoms with Crippen LogP contribution in [0.2, 0.25) is 0 Å². The van der Waals surface area contributed by atoms with E-state index in [0.717, 1.165) is 11.3 Å². The summed E-state index contributed by atoms with van der Waals surface area (Å²) in [6.07, 6.45) is 4.33. The van der Waals surface area contributed by atoms with Gasteiger partial charge in [0.1, 0.15) is 0 Å². The van der Waals surface area contributed by atoms with Crippen LogP contribution in [-0.2, 0) is 0 Å². The third kappa shape index (κ3) is 3.22. The molecule has 0 aliphatic carbocycles. The molecule has 1 aliphatic heterocycles. The van der Waals surface area contributed by atoms with Crippen molar-refractivity contribution in [3.63, 3.8) is 0 Å². The summed E-state index contributed by atoms with van der Waals surface area (Å²) in [6.45, 7) is 0. The number of hydrogen-bond acceptors (Lipinski definition) is 3. The van der Waals surface area contributed by atoms with Crippen LogP contribution in [-0.4, -0.2) is 11.0 Å². The van der Waals surface area contributed by atoms with Gasteiger partial charge in [0.05, 0.1) is 17.0 Å². The average molecular weight is 342 g/mol. The minimum Gasteiger partial charge on any atom is -0.353 e. The predicted molar refractivity (Wildman–Crippen MR) is 104 cm³/mol. The van der Waals surface area contributed by atoms with Gasteiger partial charge in [-0.2, -0.15) is 0 Å². The van der Waals surface area contributed by atoms with Gasteiger partial charge in [-0.25, -0.2) is 0 Å². The summed E-state index contributed by atoms with van der Waals surface area (Å²) >= 11 is 0. The second-order valence-corrected chi connectivity index (χ2v) is 6.30. The molecule has 1 saturated heterocycles. The van der Waals surface area contributed by atoms with Gasteiger partial charge in [-0.3, -0.25) is 10.1 Å². The monoisotopic (exact) mass is 342 g/mol. The van der Waals surface area contributed by atoms with E-state index < -0.39 is 0 Å². The molecule has 4 heteroatoms. The van der Waals surface area contributed by atoms with E-state index in [9.17, 15) is 10.1 Å². The molecule has 1 fully saturated rings. The second kappa shape index (κ2) is 6.84. The summed E-state index contributed by atoms with van der Waals surface area (Å²) < 4.78 is 0. The predicted octanol–water partition coefficient (Wildman–Crippen LogP) is 5.24. The topological polar surface area (TPSA) is 46.1 Å². The van der Waals surface area contributed by atoms with E-state index in [4.69, 9.17) is 0 Å². The average Bonchev–Trinajstić information content (AvgIpc) is 3.42. The number of benzene rings is 3. The Morgan fingerprint density at radius 1 is 0.846 bits per heavy atom. The number of nitro benzene ring substituents is 1. The van der Waals surface area contributed by atoms with Crippen molar-refractivity contribution in [3.05, 3.63) is 112 Å². The molecule has 0 radical (unpaired) electrons. The van der Waals surface area contributed by atoms with Crippen LogP contribution in [0, 0.1) is 10.1 Å². The van der Waals surface area contributed by atoms with E-state index in [-0.39, 0.29) is 22.7 Å². The Balaban J connectivity index is 1.62. The smallest absolute Gasteiger partial charge is 0.269 e. The first-order chi connectivity index (χ1) is 12.7. The summed E-state index contributed by atoms with van der Waals surface area (Å²) in [6, 6.07) is 27.8. The van der Waals surface area contributed by atoms with E-state index in [1.807, 2.05) is 48.5 Å². The number of nitro groups is 1. The Morgan fingerprint density at radius 2 is 1.46 bits per heavy atom. The fourth-order valence-electron chi connectivity index (χ4n) is 3.31. The number of non-ortho nitro benzene ring substituents is 1. The van der Waals surface area contributed by atoms with Crippen LogP contribution in [0.15, 0.2) is 91.0 Å². The van der Waals surface area contributed by atoms with Gasteiger partial charge in [0.2, 0.25) is 0 Å². The van der Waals surface area contributed by atoms with Gasteiger partial charge in [0.25, 0.3) is 5.69 Å². The molecule has 0 amide bonds. The van der Waals surface area contributed by atoms with Crippen LogP contribution in [0.4, 0.5) is 11.4 Å².